The minimum atomic E-state index is -0.337. The molecule has 1 N–H and O–H groups in total. The Morgan fingerprint density at radius 1 is 1.39 bits per heavy atom. The maximum Gasteiger partial charge on any atom is 0.143 e. The zero-order chi connectivity index (χ0) is 13.1. The molecule has 0 saturated carbocycles. The first-order valence-electron chi connectivity index (χ1n) is 6.60. The van der Waals surface area contributed by atoms with Crippen LogP contribution >= 0.6 is 11.6 Å². The van der Waals surface area contributed by atoms with E-state index in [-0.39, 0.29) is 10.8 Å². The smallest absolute Gasteiger partial charge is 0.143 e. The third-order valence-corrected chi connectivity index (χ3v) is 4.01. The molecule has 18 heavy (non-hydrogen) atoms. The van der Waals surface area contributed by atoms with Gasteiger partial charge in [0.15, 0.2) is 0 Å². The van der Waals surface area contributed by atoms with Gasteiger partial charge in [0.2, 0.25) is 0 Å². The van der Waals surface area contributed by atoms with Crippen molar-refractivity contribution in [2.45, 2.75) is 38.8 Å². The summed E-state index contributed by atoms with van der Waals surface area (Å²) in [7, 11) is 0. The molecule has 2 rings (SSSR count). The Labute approximate surface area is 113 Å². The van der Waals surface area contributed by atoms with Gasteiger partial charge < -0.3 is 10.2 Å². The number of piperazine rings is 1. The normalized spacial score (nSPS) is 24.3. The number of hydrogen-bond donors (Lipinski definition) is 1. The van der Waals surface area contributed by atoms with Crippen LogP contribution in [-0.4, -0.2) is 25.2 Å². The molecule has 2 atom stereocenters. The summed E-state index contributed by atoms with van der Waals surface area (Å²) >= 11 is 5.74. The molecule has 1 aromatic carbocycles. The van der Waals surface area contributed by atoms with Gasteiger partial charge in [-0.1, -0.05) is 25.4 Å². The lowest BCUT2D eigenvalue weighted by Gasteiger charge is -2.41. The van der Waals surface area contributed by atoms with Crippen molar-refractivity contribution in [3.63, 3.8) is 0 Å². The molecule has 1 saturated heterocycles. The van der Waals surface area contributed by atoms with Crippen molar-refractivity contribution in [1.29, 1.82) is 0 Å². The maximum absolute atomic E-state index is 13.6. The average Bonchev–Trinajstić information content (AvgIpc) is 2.41. The maximum atomic E-state index is 13.6. The average molecular weight is 271 g/mol. The fourth-order valence-electron chi connectivity index (χ4n) is 2.48. The second kappa shape index (κ2) is 5.89. The number of nitrogens with one attached hydrogen (secondary N) is 1. The van der Waals surface area contributed by atoms with Crippen molar-refractivity contribution in [1.82, 2.24) is 5.32 Å². The lowest BCUT2D eigenvalue weighted by Crippen LogP contribution is -2.56. The second-order valence-electron chi connectivity index (χ2n) is 4.83. The molecule has 2 nitrogen and oxygen atoms in total. The van der Waals surface area contributed by atoms with E-state index < -0.39 is 0 Å². The van der Waals surface area contributed by atoms with Gasteiger partial charge in [-0.3, -0.25) is 0 Å². The van der Waals surface area contributed by atoms with Crippen molar-refractivity contribution in [3.8, 4) is 0 Å². The van der Waals surface area contributed by atoms with Crippen LogP contribution in [0.2, 0.25) is 5.02 Å². The van der Waals surface area contributed by atoms with E-state index in [9.17, 15) is 4.39 Å². The number of rotatable bonds is 3. The molecular weight excluding hydrogens is 251 g/mol. The summed E-state index contributed by atoms with van der Waals surface area (Å²) in [4.78, 5) is 2.30. The van der Waals surface area contributed by atoms with Crippen LogP contribution < -0.4 is 10.2 Å². The first kappa shape index (κ1) is 13.6. The molecule has 1 heterocycles. The molecule has 100 valence electrons. The van der Waals surface area contributed by atoms with Crippen LogP contribution in [0.5, 0.6) is 0 Å². The highest BCUT2D eigenvalue weighted by Gasteiger charge is 2.26. The molecule has 0 aromatic heterocycles. The molecule has 1 aliphatic rings. The summed E-state index contributed by atoms with van der Waals surface area (Å²) in [6.45, 7) is 6.22. The fourth-order valence-corrected chi connectivity index (χ4v) is 2.60. The first-order chi connectivity index (χ1) is 8.65. The Bertz CT molecular complexity index is 411. The number of benzene rings is 1. The standard InChI is InChI=1S/C14H20ClFN2/c1-3-10-9-18(11(4-2)8-17-10)12-5-6-13(15)14(16)7-12/h5-7,10-11,17H,3-4,8-9H2,1-2H3. The third-order valence-electron chi connectivity index (χ3n) is 3.70. The Kier molecular flexibility index (Phi) is 4.46. The van der Waals surface area contributed by atoms with Crippen molar-refractivity contribution in [3.05, 3.63) is 29.0 Å². The predicted molar refractivity (Wildman–Crippen MR) is 74.9 cm³/mol. The first-order valence-corrected chi connectivity index (χ1v) is 6.98. The van der Waals surface area contributed by atoms with E-state index in [1.807, 2.05) is 6.07 Å². The Morgan fingerprint density at radius 2 is 2.17 bits per heavy atom. The van der Waals surface area contributed by atoms with E-state index in [0.29, 0.717) is 12.1 Å². The van der Waals surface area contributed by atoms with Gasteiger partial charge in [-0.2, -0.15) is 0 Å². The van der Waals surface area contributed by atoms with Crippen molar-refractivity contribution in [2.24, 2.45) is 0 Å². The summed E-state index contributed by atoms with van der Waals surface area (Å²) in [6, 6.07) is 6.00. The highest BCUT2D eigenvalue weighted by molar-refractivity contribution is 6.30. The van der Waals surface area contributed by atoms with Crippen molar-refractivity contribution >= 4 is 17.3 Å². The Hall–Kier alpha value is -0.800. The lowest BCUT2D eigenvalue weighted by atomic mass is 10.0. The molecule has 0 bridgehead atoms. The van der Waals surface area contributed by atoms with Crippen LogP contribution in [0.3, 0.4) is 0 Å². The summed E-state index contributed by atoms with van der Waals surface area (Å²) in [5.74, 6) is -0.337. The molecule has 0 amide bonds. The van der Waals surface area contributed by atoms with Gasteiger partial charge in [0.25, 0.3) is 0 Å². The molecule has 1 fully saturated rings. The highest BCUT2D eigenvalue weighted by atomic mass is 35.5. The highest BCUT2D eigenvalue weighted by Crippen LogP contribution is 2.26. The minimum Gasteiger partial charge on any atom is -0.366 e. The van der Waals surface area contributed by atoms with Crippen LogP contribution in [0, 0.1) is 5.82 Å². The van der Waals surface area contributed by atoms with Gasteiger partial charge in [-0.15, -0.1) is 0 Å². The lowest BCUT2D eigenvalue weighted by molar-refractivity contribution is 0.378. The van der Waals surface area contributed by atoms with Crippen LogP contribution in [0.25, 0.3) is 0 Å². The number of anilines is 1. The zero-order valence-electron chi connectivity index (χ0n) is 10.9. The van der Waals surface area contributed by atoms with E-state index in [1.54, 1.807) is 12.1 Å². The molecule has 1 aliphatic heterocycles. The number of halogens is 2. The van der Waals surface area contributed by atoms with Gasteiger partial charge in [0, 0.05) is 30.9 Å². The minimum absolute atomic E-state index is 0.189. The van der Waals surface area contributed by atoms with E-state index in [2.05, 4.69) is 24.1 Å². The zero-order valence-corrected chi connectivity index (χ0v) is 11.7. The molecule has 1 aromatic rings. The Morgan fingerprint density at radius 3 is 2.78 bits per heavy atom. The summed E-state index contributed by atoms with van der Waals surface area (Å²) in [5.41, 5.74) is 0.934. The monoisotopic (exact) mass is 270 g/mol. The van der Waals surface area contributed by atoms with Gasteiger partial charge in [-0.25, -0.2) is 4.39 Å². The van der Waals surface area contributed by atoms with E-state index >= 15 is 0 Å². The molecule has 2 unspecified atom stereocenters. The third kappa shape index (κ3) is 2.78. The van der Waals surface area contributed by atoms with Gasteiger partial charge in [-0.05, 0) is 31.0 Å². The molecule has 0 aliphatic carbocycles. The summed E-state index contributed by atoms with van der Waals surface area (Å²) < 4.78 is 13.6. The number of hydrogen-bond acceptors (Lipinski definition) is 2. The topological polar surface area (TPSA) is 15.3 Å². The quantitative estimate of drug-likeness (QED) is 0.905. The van der Waals surface area contributed by atoms with E-state index in [1.165, 1.54) is 0 Å². The predicted octanol–water partition coefficient (Wildman–Crippen LogP) is 3.45. The van der Waals surface area contributed by atoms with Crippen molar-refractivity contribution < 1.29 is 4.39 Å². The fraction of sp³-hybridized carbons (Fsp3) is 0.571. The molecular formula is C14H20ClFN2. The van der Waals surface area contributed by atoms with Gasteiger partial charge in [0.1, 0.15) is 5.82 Å². The second-order valence-corrected chi connectivity index (χ2v) is 5.23. The van der Waals surface area contributed by atoms with Crippen LogP contribution in [0.15, 0.2) is 18.2 Å². The molecule has 0 radical (unpaired) electrons. The van der Waals surface area contributed by atoms with Crippen molar-refractivity contribution in [2.75, 3.05) is 18.0 Å². The van der Waals surface area contributed by atoms with E-state index in [0.717, 1.165) is 31.6 Å². The van der Waals surface area contributed by atoms with E-state index in [4.69, 9.17) is 11.6 Å². The summed E-state index contributed by atoms with van der Waals surface area (Å²) in [5, 5.41) is 3.72. The molecule has 0 spiro atoms. The summed E-state index contributed by atoms with van der Waals surface area (Å²) in [6.07, 6.45) is 2.14. The SMILES string of the molecule is CCC1CN(c2ccc(Cl)c(F)c2)C(CC)CN1. The van der Waals surface area contributed by atoms with Crippen LogP contribution in [0.4, 0.5) is 10.1 Å². The number of nitrogens with zero attached hydrogens (tertiary/aromatic N) is 1. The molecule has 4 heteroatoms. The van der Waals surface area contributed by atoms with Gasteiger partial charge in [0.05, 0.1) is 5.02 Å². The van der Waals surface area contributed by atoms with Crippen LogP contribution in [0.1, 0.15) is 26.7 Å². The van der Waals surface area contributed by atoms with Gasteiger partial charge >= 0.3 is 0 Å². The van der Waals surface area contributed by atoms with Crippen LogP contribution in [-0.2, 0) is 0 Å². The Balaban J connectivity index is 2.23. The largest absolute Gasteiger partial charge is 0.366 e.